The number of anilines is 1. The van der Waals surface area contributed by atoms with E-state index < -0.39 is 16.1 Å². The molecule has 3 aromatic carbocycles. The van der Waals surface area contributed by atoms with Crippen molar-refractivity contribution in [2.24, 2.45) is 0 Å². The van der Waals surface area contributed by atoms with Crippen molar-refractivity contribution in [3.05, 3.63) is 87.9 Å². The van der Waals surface area contributed by atoms with Gasteiger partial charge in [0.2, 0.25) is 0 Å². The van der Waals surface area contributed by atoms with Crippen LogP contribution in [0.25, 0.3) is 10.9 Å². The fourth-order valence-electron chi connectivity index (χ4n) is 5.02. The minimum atomic E-state index is -4.22. The number of ether oxygens (including phenoxy) is 2. The number of benzene rings is 3. The number of aromatic nitrogens is 2. The van der Waals surface area contributed by atoms with Crippen LogP contribution in [0.5, 0.6) is 11.5 Å². The number of piperazine rings is 1. The Kier molecular flexibility index (Phi) is 8.12. The van der Waals surface area contributed by atoms with E-state index in [1.165, 1.54) is 42.8 Å². The molecular weight excluding hydrogens is 566 g/mol. The third-order valence-electron chi connectivity index (χ3n) is 7.26. The van der Waals surface area contributed by atoms with Gasteiger partial charge in [0.25, 0.3) is 15.6 Å². The van der Waals surface area contributed by atoms with Crippen LogP contribution in [0.15, 0.2) is 76.4 Å². The lowest BCUT2D eigenvalue weighted by atomic mass is 10.2. The van der Waals surface area contributed by atoms with Crippen LogP contribution in [0.1, 0.15) is 18.8 Å². The molecule has 0 spiro atoms. The molecule has 1 aromatic heterocycles. The summed E-state index contributed by atoms with van der Waals surface area (Å²) in [4.78, 5) is 21.1. The molecule has 1 saturated heterocycles. The number of para-hydroxylation sites is 1. The molecule has 0 aliphatic carbocycles. The predicted molar refractivity (Wildman–Crippen MR) is 161 cm³/mol. The van der Waals surface area contributed by atoms with Gasteiger partial charge in [-0.05, 0) is 62.5 Å². The quantitative estimate of drug-likeness (QED) is 0.302. The zero-order chi connectivity index (χ0) is 29.3. The largest absolute Gasteiger partial charge is 0.497 e. The van der Waals surface area contributed by atoms with Gasteiger partial charge in [0, 0.05) is 37.3 Å². The highest BCUT2D eigenvalue weighted by Crippen LogP contribution is 2.40. The summed E-state index contributed by atoms with van der Waals surface area (Å²) in [6, 6.07) is 17.0. The van der Waals surface area contributed by atoms with Crippen molar-refractivity contribution < 1.29 is 17.9 Å². The van der Waals surface area contributed by atoms with Crippen LogP contribution in [-0.2, 0) is 10.0 Å². The summed E-state index contributed by atoms with van der Waals surface area (Å²) >= 11 is 6.09. The summed E-state index contributed by atoms with van der Waals surface area (Å²) in [5.41, 5.74) is 0.492. The second-order valence-corrected chi connectivity index (χ2v) is 12.1. The first-order chi connectivity index (χ1) is 19.6. The second kappa shape index (κ2) is 11.6. The Labute approximate surface area is 244 Å². The summed E-state index contributed by atoms with van der Waals surface area (Å²) in [6.07, 6.45) is 0. The van der Waals surface area contributed by atoms with E-state index in [0.29, 0.717) is 34.8 Å². The number of likely N-dealkylation sites (N-methyl/N-ethyl adjacent to an activating group) is 1. The maximum absolute atomic E-state index is 14.4. The number of sulfonamides is 1. The lowest BCUT2D eigenvalue weighted by Gasteiger charge is -2.38. The number of methoxy groups -OCH3 is 2. The molecule has 0 amide bonds. The van der Waals surface area contributed by atoms with Crippen LogP contribution in [0, 0.1) is 0 Å². The van der Waals surface area contributed by atoms with Crippen LogP contribution in [0.4, 0.5) is 5.69 Å². The fourth-order valence-corrected chi connectivity index (χ4v) is 6.77. The smallest absolute Gasteiger partial charge is 0.280 e. The Hall–Kier alpha value is -3.80. The average molecular weight is 598 g/mol. The average Bonchev–Trinajstić information content (AvgIpc) is 2.98. The molecule has 0 N–H and O–H groups in total. The molecule has 0 saturated carbocycles. The van der Waals surface area contributed by atoms with Crippen molar-refractivity contribution in [3.8, 4) is 11.5 Å². The molecule has 5 rings (SSSR count). The Morgan fingerprint density at radius 1 is 0.951 bits per heavy atom. The van der Waals surface area contributed by atoms with E-state index in [0.717, 1.165) is 13.1 Å². The molecule has 1 atom stereocenters. The van der Waals surface area contributed by atoms with Crippen molar-refractivity contribution in [1.29, 1.82) is 0 Å². The van der Waals surface area contributed by atoms with Gasteiger partial charge in [-0.3, -0.25) is 9.10 Å². The molecule has 10 nitrogen and oxygen atoms in total. The van der Waals surface area contributed by atoms with Gasteiger partial charge >= 0.3 is 0 Å². The normalized spacial score (nSPS) is 15.1. The van der Waals surface area contributed by atoms with Crippen molar-refractivity contribution in [2.45, 2.75) is 17.9 Å². The first-order valence-electron chi connectivity index (χ1n) is 13.1. The Balaban J connectivity index is 1.77. The van der Waals surface area contributed by atoms with Crippen LogP contribution in [0.2, 0.25) is 5.02 Å². The predicted octanol–water partition coefficient (Wildman–Crippen LogP) is 3.91. The molecule has 2 heterocycles. The summed E-state index contributed by atoms with van der Waals surface area (Å²) < 4.78 is 42.6. The highest BCUT2D eigenvalue weighted by Gasteiger charge is 2.36. The number of nitrogens with zero attached hydrogens (tertiary/aromatic N) is 5. The van der Waals surface area contributed by atoms with E-state index in [-0.39, 0.29) is 27.7 Å². The molecule has 1 aliphatic heterocycles. The lowest BCUT2D eigenvalue weighted by Crippen LogP contribution is -2.55. The summed E-state index contributed by atoms with van der Waals surface area (Å²) in [5, 5.41) is 2.80. The summed E-state index contributed by atoms with van der Waals surface area (Å²) in [7, 11) is 0.789. The van der Waals surface area contributed by atoms with Gasteiger partial charge < -0.3 is 19.4 Å². The van der Waals surface area contributed by atoms with E-state index in [1.807, 2.05) is 12.1 Å². The van der Waals surface area contributed by atoms with Gasteiger partial charge in [0.15, 0.2) is 5.82 Å². The van der Waals surface area contributed by atoms with E-state index >= 15 is 0 Å². The van der Waals surface area contributed by atoms with Crippen molar-refractivity contribution >= 4 is 38.2 Å². The third kappa shape index (κ3) is 5.44. The molecule has 4 aromatic rings. The number of rotatable bonds is 8. The monoisotopic (exact) mass is 597 g/mol. The van der Waals surface area contributed by atoms with Crippen LogP contribution in [0.3, 0.4) is 0 Å². The van der Waals surface area contributed by atoms with E-state index in [4.69, 9.17) is 26.1 Å². The molecule has 12 heteroatoms. The fraction of sp³-hybridized carbons (Fsp3) is 0.310. The van der Waals surface area contributed by atoms with Crippen LogP contribution >= 0.6 is 11.6 Å². The molecule has 1 unspecified atom stereocenters. The number of hydrogen-bond acceptors (Lipinski definition) is 8. The Morgan fingerprint density at radius 3 is 2.29 bits per heavy atom. The van der Waals surface area contributed by atoms with Crippen molar-refractivity contribution in [3.63, 3.8) is 0 Å². The maximum Gasteiger partial charge on any atom is 0.280 e. The van der Waals surface area contributed by atoms with Gasteiger partial charge in [-0.15, -0.1) is 0 Å². The van der Waals surface area contributed by atoms with Crippen molar-refractivity contribution in [1.82, 2.24) is 14.6 Å². The van der Waals surface area contributed by atoms with Gasteiger partial charge in [-0.1, -0.05) is 23.7 Å². The van der Waals surface area contributed by atoms with Crippen molar-refractivity contribution in [2.75, 3.05) is 56.8 Å². The van der Waals surface area contributed by atoms with Gasteiger partial charge in [-0.25, -0.2) is 18.1 Å². The Morgan fingerprint density at radius 2 is 1.63 bits per heavy atom. The standard InChI is InChI=1S/C29H32ClN5O5S/c1-20(28-31-25-8-6-5-7-24(25)29(36)34(28)33-17-15-32(2)16-18-33)35(26-14-11-22(39-3)19-27(26)40-4)41(37,38)23-12-9-21(30)10-13-23/h5-14,19-20H,15-18H2,1-4H3. The molecular formula is C29H32ClN5O5S. The lowest BCUT2D eigenvalue weighted by molar-refractivity contribution is 0.282. The van der Waals surface area contributed by atoms with Crippen LogP contribution in [-0.4, -0.2) is 70.4 Å². The molecule has 0 radical (unpaired) electrons. The molecule has 1 fully saturated rings. The summed E-state index contributed by atoms with van der Waals surface area (Å²) in [6.45, 7) is 4.36. The molecule has 1 aliphatic rings. The molecule has 216 valence electrons. The van der Waals surface area contributed by atoms with E-state index in [2.05, 4.69) is 4.90 Å². The maximum atomic E-state index is 14.4. The van der Waals surface area contributed by atoms with E-state index in [1.54, 1.807) is 54.1 Å². The van der Waals surface area contributed by atoms with Gasteiger partial charge in [-0.2, -0.15) is 0 Å². The third-order valence-corrected chi connectivity index (χ3v) is 9.41. The number of hydrogen-bond donors (Lipinski definition) is 0. The van der Waals surface area contributed by atoms with Gasteiger partial charge in [0.05, 0.1) is 35.7 Å². The number of fused-ring (bicyclic) bond motifs is 1. The zero-order valence-corrected chi connectivity index (χ0v) is 24.9. The minimum absolute atomic E-state index is 0.0286. The first-order valence-corrected chi connectivity index (χ1v) is 14.9. The van der Waals surface area contributed by atoms with E-state index in [9.17, 15) is 13.2 Å². The first kappa shape index (κ1) is 28.7. The SMILES string of the molecule is COc1ccc(N(C(C)c2nc3ccccc3c(=O)n2N2CCN(C)CC2)S(=O)(=O)c2ccc(Cl)cc2)c(OC)c1. The van der Waals surface area contributed by atoms with Crippen LogP contribution < -0.4 is 24.3 Å². The minimum Gasteiger partial charge on any atom is -0.497 e. The molecule has 41 heavy (non-hydrogen) atoms. The second-order valence-electron chi connectivity index (χ2n) is 9.83. The van der Waals surface area contributed by atoms with Gasteiger partial charge in [0.1, 0.15) is 17.5 Å². The zero-order valence-electron chi connectivity index (χ0n) is 23.3. The highest BCUT2D eigenvalue weighted by atomic mass is 35.5. The Bertz CT molecular complexity index is 1720. The summed E-state index contributed by atoms with van der Waals surface area (Å²) in [5.74, 6) is 1.07. The highest BCUT2D eigenvalue weighted by molar-refractivity contribution is 7.92. The molecule has 0 bridgehead atoms. The number of halogens is 1. The topological polar surface area (TPSA) is 97.2 Å².